The molecule has 4 nitrogen and oxygen atoms in total. The molecule has 0 spiro atoms. The first-order chi connectivity index (χ1) is 11.7. The van der Waals surface area contributed by atoms with Gasteiger partial charge in [0.2, 0.25) is 5.91 Å². The van der Waals surface area contributed by atoms with E-state index in [1.165, 1.54) is 22.5 Å². The van der Waals surface area contributed by atoms with E-state index in [1.807, 2.05) is 25.1 Å². The summed E-state index contributed by atoms with van der Waals surface area (Å²) in [6.07, 6.45) is 1.98. The fraction of sp³-hybridized carbons (Fsp3) is 0.316. The van der Waals surface area contributed by atoms with Crippen LogP contribution in [0.1, 0.15) is 32.3 Å². The molecule has 0 atom stereocenters. The Morgan fingerprint density at radius 2 is 2.00 bits per heavy atom. The first kappa shape index (κ1) is 16.7. The van der Waals surface area contributed by atoms with E-state index in [0.29, 0.717) is 17.5 Å². The van der Waals surface area contributed by atoms with Gasteiger partial charge in [-0.15, -0.1) is 5.10 Å². The Morgan fingerprint density at radius 1 is 1.21 bits per heavy atom. The second-order valence-corrected chi connectivity index (χ2v) is 6.82. The quantitative estimate of drug-likeness (QED) is 0.597. The predicted octanol–water partition coefficient (Wildman–Crippen LogP) is 4.45. The number of amidine groups is 1. The van der Waals surface area contributed by atoms with Gasteiger partial charge in [0.05, 0.1) is 12.3 Å². The van der Waals surface area contributed by atoms with Gasteiger partial charge in [-0.1, -0.05) is 67.6 Å². The highest BCUT2D eigenvalue weighted by molar-refractivity contribution is 8.15. The summed E-state index contributed by atoms with van der Waals surface area (Å²) in [5.74, 6) is 0.529. The Bertz CT molecular complexity index is 808. The lowest BCUT2D eigenvalue weighted by Gasteiger charge is -2.16. The van der Waals surface area contributed by atoms with Gasteiger partial charge in [-0.2, -0.15) is 5.10 Å². The Balaban J connectivity index is 1.87. The molecule has 0 radical (unpaired) electrons. The first-order valence-electron chi connectivity index (χ1n) is 8.20. The van der Waals surface area contributed by atoms with Crippen molar-refractivity contribution in [3.63, 3.8) is 0 Å². The molecule has 0 N–H and O–H groups in total. The Kier molecular flexibility index (Phi) is 5.30. The molecule has 2 aromatic carbocycles. The molecule has 0 aliphatic carbocycles. The van der Waals surface area contributed by atoms with Crippen LogP contribution >= 0.6 is 11.8 Å². The lowest BCUT2D eigenvalue weighted by molar-refractivity contribution is -0.124. The summed E-state index contributed by atoms with van der Waals surface area (Å²) in [4.78, 5) is 14.0. The summed E-state index contributed by atoms with van der Waals surface area (Å²) >= 11 is 1.46. The third-order valence-corrected chi connectivity index (χ3v) is 4.93. The van der Waals surface area contributed by atoms with Crippen molar-refractivity contribution in [3.8, 4) is 0 Å². The summed E-state index contributed by atoms with van der Waals surface area (Å²) in [5.41, 5.74) is 2.13. The Labute approximate surface area is 146 Å². The third-order valence-electron chi connectivity index (χ3n) is 3.98. The number of carbonyl (C=O) groups excluding carboxylic acids is 1. The zero-order chi connectivity index (χ0) is 16.9. The van der Waals surface area contributed by atoms with Crippen molar-refractivity contribution in [2.45, 2.75) is 33.2 Å². The van der Waals surface area contributed by atoms with E-state index in [-0.39, 0.29) is 5.91 Å². The molecule has 5 heteroatoms. The van der Waals surface area contributed by atoms with Gasteiger partial charge in [0, 0.05) is 5.71 Å². The van der Waals surface area contributed by atoms with Crippen molar-refractivity contribution in [1.82, 2.24) is 4.90 Å². The third kappa shape index (κ3) is 3.67. The number of hydrogen-bond acceptors (Lipinski definition) is 4. The number of carbonyl (C=O) groups is 1. The van der Waals surface area contributed by atoms with Crippen molar-refractivity contribution in [2.75, 3.05) is 5.75 Å². The average Bonchev–Trinajstić information content (AvgIpc) is 2.94. The Morgan fingerprint density at radius 3 is 2.83 bits per heavy atom. The molecule has 3 rings (SSSR count). The average molecular weight is 339 g/mol. The zero-order valence-corrected chi connectivity index (χ0v) is 14.8. The lowest BCUT2D eigenvalue weighted by atomic mass is 10.0. The van der Waals surface area contributed by atoms with E-state index < -0.39 is 0 Å². The number of nitrogens with zero attached hydrogens (tertiary/aromatic N) is 3. The number of hydrogen-bond donors (Lipinski definition) is 0. The molecular weight excluding hydrogens is 318 g/mol. The summed E-state index contributed by atoms with van der Waals surface area (Å²) < 4.78 is 0. The number of amides is 1. The molecule has 0 saturated carbocycles. The van der Waals surface area contributed by atoms with E-state index >= 15 is 0 Å². The molecule has 1 aliphatic heterocycles. The van der Waals surface area contributed by atoms with Gasteiger partial charge in [-0.3, -0.25) is 9.69 Å². The van der Waals surface area contributed by atoms with Crippen LogP contribution in [0.2, 0.25) is 0 Å². The van der Waals surface area contributed by atoms with E-state index in [9.17, 15) is 4.79 Å². The van der Waals surface area contributed by atoms with E-state index in [4.69, 9.17) is 0 Å². The van der Waals surface area contributed by atoms with Crippen LogP contribution < -0.4 is 0 Å². The summed E-state index contributed by atoms with van der Waals surface area (Å²) in [7, 11) is 0. The minimum absolute atomic E-state index is 0.0926. The second kappa shape index (κ2) is 7.62. The largest absolute Gasteiger partial charge is 0.285 e. The first-order valence-corrected chi connectivity index (χ1v) is 9.18. The van der Waals surface area contributed by atoms with Gasteiger partial charge in [0.25, 0.3) is 0 Å². The standard InChI is InChI=1S/C19H21N3OS/c1-3-7-14(2)20-21-19-22(18(23)13-24-19)12-16-10-6-9-15-8-4-5-11-17(15)16/h4-6,8-11H,3,7,12-13H2,1-2H3/b20-14+,21-19-. The smallest absolute Gasteiger partial charge is 0.239 e. The molecule has 124 valence electrons. The van der Waals surface area contributed by atoms with Gasteiger partial charge in [-0.05, 0) is 29.7 Å². The second-order valence-electron chi connectivity index (χ2n) is 5.87. The van der Waals surface area contributed by atoms with Crippen molar-refractivity contribution in [3.05, 3.63) is 48.0 Å². The van der Waals surface area contributed by atoms with Crippen molar-refractivity contribution < 1.29 is 4.79 Å². The number of thioether (sulfide) groups is 1. The Hall–Kier alpha value is -2.14. The van der Waals surface area contributed by atoms with E-state index in [0.717, 1.165) is 24.1 Å². The number of fused-ring (bicyclic) bond motifs is 1. The lowest BCUT2D eigenvalue weighted by Crippen LogP contribution is -2.29. The molecular formula is C19H21N3OS. The van der Waals surface area contributed by atoms with Gasteiger partial charge in [-0.25, -0.2) is 0 Å². The highest BCUT2D eigenvalue weighted by atomic mass is 32.2. The zero-order valence-electron chi connectivity index (χ0n) is 14.0. The van der Waals surface area contributed by atoms with Crippen LogP contribution in [0, 0.1) is 0 Å². The maximum absolute atomic E-state index is 12.3. The van der Waals surface area contributed by atoms with Crippen molar-refractivity contribution >= 4 is 39.3 Å². The van der Waals surface area contributed by atoms with Gasteiger partial charge in [0.1, 0.15) is 0 Å². The van der Waals surface area contributed by atoms with Crippen LogP contribution in [-0.4, -0.2) is 27.4 Å². The monoisotopic (exact) mass is 339 g/mol. The van der Waals surface area contributed by atoms with Crippen LogP contribution in [0.3, 0.4) is 0 Å². The summed E-state index contributed by atoms with van der Waals surface area (Å²) in [6.45, 7) is 4.63. The maximum Gasteiger partial charge on any atom is 0.239 e. The van der Waals surface area contributed by atoms with Crippen LogP contribution in [0.15, 0.2) is 52.7 Å². The van der Waals surface area contributed by atoms with E-state index in [2.05, 4.69) is 41.4 Å². The SMILES string of the molecule is CCC/C(C)=N/N=C1\SCC(=O)N1Cc1cccc2ccccc12. The summed E-state index contributed by atoms with van der Waals surface area (Å²) in [6, 6.07) is 14.4. The minimum atomic E-state index is 0.0926. The van der Waals surface area contributed by atoms with Crippen LogP contribution in [0.5, 0.6) is 0 Å². The summed E-state index contributed by atoms with van der Waals surface area (Å²) in [5, 5.41) is 11.7. The predicted molar refractivity (Wildman–Crippen MR) is 102 cm³/mol. The van der Waals surface area contributed by atoms with Crippen LogP contribution in [0.25, 0.3) is 10.8 Å². The fourth-order valence-corrected chi connectivity index (χ4v) is 3.60. The fourth-order valence-electron chi connectivity index (χ4n) is 2.77. The van der Waals surface area contributed by atoms with Gasteiger partial charge < -0.3 is 0 Å². The molecule has 0 unspecified atom stereocenters. The molecule has 1 aliphatic rings. The molecule has 24 heavy (non-hydrogen) atoms. The minimum Gasteiger partial charge on any atom is -0.285 e. The van der Waals surface area contributed by atoms with Crippen molar-refractivity contribution in [2.24, 2.45) is 10.2 Å². The maximum atomic E-state index is 12.3. The van der Waals surface area contributed by atoms with E-state index in [1.54, 1.807) is 4.90 Å². The van der Waals surface area contributed by atoms with Crippen LogP contribution in [0.4, 0.5) is 0 Å². The molecule has 0 bridgehead atoms. The molecule has 1 saturated heterocycles. The highest BCUT2D eigenvalue weighted by Crippen LogP contribution is 2.25. The molecule has 1 fully saturated rings. The normalized spacial score (nSPS) is 17.2. The van der Waals surface area contributed by atoms with Gasteiger partial charge >= 0.3 is 0 Å². The van der Waals surface area contributed by atoms with Crippen molar-refractivity contribution in [1.29, 1.82) is 0 Å². The molecule has 2 aromatic rings. The van der Waals surface area contributed by atoms with Gasteiger partial charge in [0.15, 0.2) is 5.17 Å². The molecule has 1 amide bonds. The molecule has 0 aromatic heterocycles. The molecule has 1 heterocycles. The highest BCUT2D eigenvalue weighted by Gasteiger charge is 2.28. The topological polar surface area (TPSA) is 45.0 Å². The number of rotatable bonds is 5. The van der Waals surface area contributed by atoms with Crippen LogP contribution in [-0.2, 0) is 11.3 Å². The number of benzene rings is 2.